The molecule has 1 N–H and O–H groups in total. The first-order chi connectivity index (χ1) is 10.0. The largest absolute Gasteiger partial charge is 0.383 e. The fourth-order valence-electron chi connectivity index (χ4n) is 2.24. The van der Waals surface area contributed by atoms with Crippen molar-refractivity contribution in [1.29, 1.82) is 0 Å². The molecule has 1 saturated heterocycles. The highest BCUT2D eigenvalue weighted by Crippen LogP contribution is 2.33. The third-order valence-corrected chi connectivity index (χ3v) is 3.84. The van der Waals surface area contributed by atoms with Gasteiger partial charge in [0, 0.05) is 31.6 Å². The Hall–Kier alpha value is -1.30. The molecule has 21 heavy (non-hydrogen) atoms. The number of hydrogen-bond acceptors (Lipinski definition) is 3. The van der Waals surface area contributed by atoms with Crippen LogP contribution < -0.4 is 10.2 Å². The van der Waals surface area contributed by atoms with Crippen LogP contribution in [0.2, 0.25) is 10.0 Å². The standard InChI is InChI=1S/C14H16Cl2N2O3/c1-21-5-4-17-14(20)9-6-13(19)18(8-9)12-3-2-10(15)7-11(12)16/h2-3,7,9H,4-6,8H2,1H3,(H,17,20). The van der Waals surface area contributed by atoms with Crippen LogP contribution in [-0.2, 0) is 14.3 Å². The van der Waals surface area contributed by atoms with E-state index in [0.29, 0.717) is 35.4 Å². The maximum atomic E-state index is 12.1. The fourth-order valence-corrected chi connectivity index (χ4v) is 2.75. The molecule has 5 nitrogen and oxygen atoms in total. The molecule has 1 aliphatic heterocycles. The first-order valence-corrected chi connectivity index (χ1v) is 7.30. The number of nitrogens with zero attached hydrogens (tertiary/aromatic N) is 1. The van der Waals surface area contributed by atoms with E-state index in [0.717, 1.165) is 0 Å². The van der Waals surface area contributed by atoms with Crippen LogP contribution in [0.4, 0.5) is 5.69 Å². The van der Waals surface area contributed by atoms with E-state index in [2.05, 4.69) is 5.32 Å². The lowest BCUT2D eigenvalue weighted by atomic mass is 10.1. The predicted octanol–water partition coefficient (Wildman–Crippen LogP) is 2.11. The van der Waals surface area contributed by atoms with Crippen molar-refractivity contribution in [3.63, 3.8) is 0 Å². The molecule has 0 radical (unpaired) electrons. The van der Waals surface area contributed by atoms with Gasteiger partial charge in [0.25, 0.3) is 0 Å². The van der Waals surface area contributed by atoms with E-state index in [1.165, 1.54) is 4.90 Å². The Labute approximate surface area is 133 Å². The Morgan fingerprint density at radius 3 is 2.90 bits per heavy atom. The summed E-state index contributed by atoms with van der Waals surface area (Å²) in [5, 5.41) is 3.65. The summed E-state index contributed by atoms with van der Waals surface area (Å²) in [5.41, 5.74) is 0.582. The maximum absolute atomic E-state index is 12.1. The van der Waals surface area contributed by atoms with Gasteiger partial charge in [-0.25, -0.2) is 0 Å². The van der Waals surface area contributed by atoms with Crippen LogP contribution in [0.3, 0.4) is 0 Å². The molecule has 2 amide bonds. The number of carbonyl (C=O) groups is 2. The zero-order valence-electron chi connectivity index (χ0n) is 11.6. The lowest BCUT2D eigenvalue weighted by Gasteiger charge is -2.18. The summed E-state index contributed by atoms with van der Waals surface area (Å²) >= 11 is 12.0. The van der Waals surface area contributed by atoms with Gasteiger partial charge in [0.2, 0.25) is 11.8 Å². The van der Waals surface area contributed by atoms with Crippen molar-refractivity contribution in [2.24, 2.45) is 5.92 Å². The molecule has 1 unspecified atom stereocenters. The quantitative estimate of drug-likeness (QED) is 0.841. The minimum atomic E-state index is -0.374. The molecule has 1 atom stereocenters. The molecule has 2 rings (SSSR count). The minimum absolute atomic E-state index is 0.119. The zero-order valence-corrected chi connectivity index (χ0v) is 13.1. The van der Waals surface area contributed by atoms with Crippen molar-refractivity contribution in [3.8, 4) is 0 Å². The highest BCUT2D eigenvalue weighted by Gasteiger charge is 2.35. The molecule has 1 aromatic rings. The van der Waals surface area contributed by atoms with E-state index < -0.39 is 0 Å². The number of methoxy groups -OCH3 is 1. The Morgan fingerprint density at radius 1 is 1.48 bits per heavy atom. The molecular weight excluding hydrogens is 315 g/mol. The molecule has 1 heterocycles. The molecule has 114 valence electrons. The lowest BCUT2D eigenvalue weighted by molar-refractivity contribution is -0.126. The van der Waals surface area contributed by atoms with Crippen LogP contribution in [0, 0.1) is 5.92 Å². The van der Waals surface area contributed by atoms with E-state index >= 15 is 0 Å². The normalized spacial score (nSPS) is 18.1. The van der Waals surface area contributed by atoms with Gasteiger partial charge < -0.3 is 15.0 Å². The summed E-state index contributed by atoms with van der Waals surface area (Å²) < 4.78 is 4.87. The highest BCUT2D eigenvalue weighted by molar-refractivity contribution is 6.36. The molecule has 0 aliphatic carbocycles. The second-order valence-corrected chi connectivity index (χ2v) is 5.63. The second-order valence-electron chi connectivity index (χ2n) is 4.78. The van der Waals surface area contributed by atoms with Crippen LogP contribution in [0.25, 0.3) is 0 Å². The summed E-state index contributed by atoms with van der Waals surface area (Å²) in [6, 6.07) is 4.94. The number of benzene rings is 1. The van der Waals surface area contributed by atoms with E-state index in [9.17, 15) is 9.59 Å². The first-order valence-electron chi connectivity index (χ1n) is 6.55. The number of carbonyl (C=O) groups excluding carboxylic acids is 2. The van der Waals surface area contributed by atoms with Gasteiger partial charge in [0.1, 0.15) is 0 Å². The third kappa shape index (κ3) is 3.87. The molecule has 0 spiro atoms. The number of rotatable bonds is 5. The van der Waals surface area contributed by atoms with E-state index in [4.69, 9.17) is 27.9 Å². The molecule has 0 bridgehead atoms. The second kappa shape index (κ2) is 7.11. The topological polar surface area (TPSA) is 58.6 Å². The monoisotopic (exact) mass is 330 g/mol. The van der Waals surface area contributed by atoms with Crippen molar-refractivity contribution in [1.82, 2.24) is 5.32 Å². The molecule has 1 fully saturated rings. The Morgan fingerprint density at radius 2 is 2.24 bits per heavy atom. The SMILES string of the molecule is COCCNC(=O)C1CC(=O)N(c2ccc(Cl)cc2Cl)C1. The number of ether oxygens (including phenoxy) is 1. The summed E-state index contributed by atoms with van der Waals surface area (Å²) in [4.78, 5) is 25.6. The average molecular weight is 331 g/mol. The van der Waals surface area contributed by atoms with Crippen LogP contribution >= 0.6 is 23.2 Å². The number of halogens is 2. The summed E-state index contributed by atoms with van der Waals surface area (Å²) in [6.45, 7) is 1.19. The van der Waals surface area contributed by atoms with E-state index in [1.54, 1.807) is 25.3 Å². The maximum Gasteiger partial charge on any atom is 0.227 e. The first kappa shape index (κ1) is 16.1. The van der Waals surface area contributed by atoms with Crippen LogP contribution in [0.1, 0.15) is 6.42 Å². The van der Waals surface area contributed by atoms with Crippen molar-refractivity contribution in [3.05, 3.63) is 28.2 Å². The molecule has 1 aromatic carbocycles. The molecule has 7 heteroatoms. The third-order valence-electron chi connectivity index (χ3n) is 3.30. The van der Waals surface area contributed by atoms with Gasteiger partial charge in [0.15, 0.2) is 0 Å². The minimum Gasteiger partial charge on any atom is -0.383 e. The molecule has 0 saturated carbocycles. The highest BCUT2D eigenvalue weighted by atomic mass is 35.5. The van der Waals surface area contributed by atoms with Gasteiger partial charge in [-0.3, -0.25) is 9.59 Å². The smallest absolute Gasteiger partial charge is 0.227 e. The Kier molecular flexibility index (Phi) is 5.45. The molecule has 0 aromatic heterocycles. The zero-order chi connectivity index (χ0) is 15.4. The number of hydrogen-bond donors (Lipinski definition) is 1. The fraction of sp³-hybridized carbons (Fsp3) is 0.429. The Bertz CT molecular complexity index is 551. The van der Waals surface area contributed by atoms with Crippen LogP contribution in [0.5, 0.6) is 0 Å². The molecular formula is C14H16Cl2N2O3. The van der Waals surface area contributed by atoms with Crippen molar-refractivity contribution < 1.29 is 14.3 Å². The predicted molar refractivity (Wildman–Crippen MR) is 81.8 cm³/mol. The van der Waals surface area contributed by atoms with Gasteiger partial charge in [-0.15, -0.1) is 0 Å². The van der Waals surface area contributed by atoms with Gasteiger partial charge in [-0.1, -0.05) is 23.2 Å². The summed E-state index contributed by atoms with van der Waals surface area (Å²) in [7, 11) is 1.56. The average Bonchev–Trinajstić information content (AvgIpc) is 2.81. The van der Waals surface area contributed by atoms with Gasteiger partial charge >= 0.3 is 0 Å². The number of amides is 2. The van der Waals surface area contributed by atoms with E-state index in [1.807, 2.05) is 0 Å². The number of nitrogens with one attached hydrogen (secondary N) is 1. The van der Waals surface area contributed by atoms with E-state index in [-0.39, 0.29) is 24.2 Å². The summed E-state index contributed by atoms with van der Waals surface area (Å²) in [6.07, 6.45) is 0.178. The van der Waals surface area contributed by atoms with Gasteiger partial charge in [-0.2, -0.15) is 0 Å². The van der Waals surface area contributed by atoms with Gasteiger partial charge in [0.05, 0.1) is 23.2 Å². The molecule has 1 aliphatic rings. The van der Waals surface area contributed by atoms with Crippen molar-refractivity contribution in [2.75, 3.05) is 31.7 Å². The van der Waals surface area contributed by atoms with Crippen molar-refractivity contribution in [2.45, 2.75) is 6.42 Å². The van der Waals surface area contributed by atoms with Gasteiger partial charge in [-0.05, 0) is 18.2 Å². The lowest BCUT2D eigenvalue weighted by Crippen LogP contribution is -2.34. The van der Waals surface area contributed by atoms with Crippen LogP contribution in [0.15, 0.2) is 18.2 Å². The van der Waals surface area contributed by atoms with Crippen molar-refractivity contribution >= 4 is 40.7 Å². The Balaban J connectivity index is 2.04. The number of anilines is 1. The van der Waals surface area contributed by atoms with Crippen LogP contribution in [-0.4, -0.2) is 38.6 Å². The summed E-state index contributed by atoms with van der Waals surface area (Å²) in [5.74, 6) is -0.639.